The molecule has 1 aliphatic rings. The number of furan rings is 1. The summed E-state index contributed by atoms with van der Waals surface area (Å²) in [5.74, 6) is 4.40. The van der Waals surface area contributed by atoms with Gasteiger partial charge in [0.1, 0.15) is 17.3 Å². The lowest BCUT2D eigenvalue weighted by atomic mass is 10.2. The maximum Gasteiger partial charge on any atom is 0.255 e. The first-order valence-corrected chi connectivity index (χ1v) is 11.3. The number of methoxy groups -OCH3 is 1. The summed E-state index contributed by atoms with van der Waals surface area (Å²) in [6, 6.07) is 7.83. The average molecular weight is 454 g/mol. The number of carbonyl (C=O) groups excluding carboxylic acids is 1. The predicted molar refractivity (Wildman–Crippen MR) is 123 cm³/mol. The van der Waals surface area contributed by atoms with Crippen molar-refractivity contribution in [3.8, 4) is 11.5 Å². The van der Waals surface area contributed by atoms with Gasteiger partial charge in [-0.2, -0.15) is 0 Å². The van der Waals surface area contributed by atoms with E-state index >= 15 is 0 Å². The first-order chi connectivity index (χ1) is 16.0. The topological polar surface area (TPSA) is 94.6 Å². The fourth-order valence-corrected chi connectivity index (χ4v) is 4.17. The zero-order valence-electron chi connectivity index (χ0n) is 19.7. The van der Waals surface area contributed by atoms with E-state index < -0.39 is 0 Å². The molecule has 0 radical (unpaired) electrons. The molecule has 0 aliphatic carbocycles. The molecule has 4 rings (SSSR count). The number of aryl methyl sites for hydroxylation is 2. The molecule has 0 spiro atoms. The van der Waals surface area contributed by atoms with Crippen molar-refractivity contribution in [1.29, 1.82) is 0 Å². The van der Waals surface area contributed by atoms with E-state index in [1.54, 1.807) is 20.1 Å². The zero-order valence-corrected chi connectivity index (χ0v) is 19.7. The minimum atomic E-state index is -0.165. The van der Waals surface area contributed by atoms with Crippen molar-refractivity contribution in [2.24, 2.45) is 0 Å². The molecular weight excluding hydrogens is 422 g/mol. The van der Waals surface area contributed by atoms with Crippen molar-refractivity contribution in [3.63, 3.8) is 0 Å². The van der Waals surface area contributed by atoms with Crippen molar-refractivity contribution >= 4 is 5.91 Å². The third-order valence-electron chi connectivity index (χ3n) is 5.82. The smallest absolute Gasteiger partial charge is 0.255 e. The first-order valence-electron chi connectivity index (χ1n) is 11.3. The lowest BCUT2D eigenvalue weighted by Gasteiger charge is -2.20. The molecule has 1 aromatic carbocycles. The van der Waals surface area contributed by atoms with E-state index in [1.165, 1.54) is 5.56 Å². The molecule has 3 heterocycles. The van der Waals surface area contributed by atoms with Gasteiger partial charge in [-0.25, -0.2) is 0 Å². The van der Waals surface area contributed by atoms with Gasteiger partial charge in [0.15, 0.2) is 17.3 Å². The monoisotopic (exact) mass is 453 g/mol. The number of amides is 1. The Bertz CT molecular complexity index is 1120. The second-order valence-corrected chi connectivity index (χ2v) is 8.14. The molecule has 176 valence electrons. The van der Waals surface area contributed by atoms with E-state index in [-0.39, 0.29) is 5.91 Å². The summed E-state index contributed by atoms with van der Waals surface area (Å²) in [6.07, 6.45) is 0.801. The Labute approximate surface area is 193 Å². The Balaban J connectivity index is 1.38. The number of nitrogens with one attached hydrogen (secondary N) is 1. The van der Waals surface area contributed by atoms with Gasteiger partial charge in [-0.3, -0.25) is 9.69 Å². The third kappa shape index (κ3) is 5.19. The molecule has 0 fully saturated rings. The standard InChI is InChI=1S/C24H31N5O4/c1-5-32-21-13-18(6-7-20(21)31-4)15-28-9-8-22-26-27-23(29(22)11-10-28)14-25-24(30)19-12-16(2)33-17(19)3/h6-7,12-13H,5,8-11,14-15H2,1-4H3,(H,25,30). The number of hydrogen-bond acceptors (Lipinski definition) is 7. The van der Waals surface area contributed by atoms with Crippen LogP contribution in [-0.2, 0) is 26.1 Å². The number of rotatable bonds is 8. The number of benzene rings is 1. The summed E-state index contributed by atoms with van der Waals surface area (Å²) < 4.78 is 18.7. The molecule has 9 nitrogen and oxygen atoms in total. The van der Waals surface area contributed by atoms with Crippen LogP contribution >= 0.6 is 0 Å². The summed E-state index contributed by atoms with van der Waals surface area (Å²) in [7, 11) is 1.65. The molecule has 0 saturated carbocycles. The van der Waals surface area contributed by atoms with Crippen molar-refractivity contribution in [2.45, 2.75) is 46.8 Å². The van der Waals surface area contributed by atoms with Gasteiger partial charge in [-0.15, -0.1) is 10.2 Å². The first kappa shape index (κ1) is 22.8. The predicted octanol–water partition coefficient (Wildman–Crippen LogP) is 2.88. The average Bonchev–Trinajstić information content (AvgIpc) is 3.29. The summed E-state index contributed by atoms with van der Waals surface area (Å²) >= 11 is 0. The van der Waals surface area contributed by atoms with Crippen LogP contribution in [0.5, 0.6) is 11.5 Å². The Hall–Kier alpha value is -3.33. The van der Waals surface area contributed by atoms with Gasteiger partial charge in [-0.05, 0) is 44.5 Å². The molecule has 0 unspecified atom stereocenters. The van der Waals surface area contributed by atoms with Gasteiger partial charge in [0.25, 0.3) is 5.91 Å². The van der Waals surface area contributed by atoms with E-state index in [0.717, 1.165) is 61.5 Å². The number of hydrogen-bond donors (Lipinski definition) is 1. The fraction of sp³-hybridized carbons (Fsp3) is 0.458. The second-order valence-electron chi connectivity index (χ2n) is 8.14. The Morgan fingerprint density at radius 1 is 1.15 bits per heavy atom. The summed E-state index contributed by atoms with van der Waals surface area (Å²) in [4.78, 5) is 14.9. The van der Waals surface area contributed by atoms with Crippen LogP contribution in [0.2, 0.25) is 0 Å². The van der Waals surface area contributed by atoms with E-state index in [1.807, 2.05) is 26.0 Å². The highest BCUT2D eigenvalue weighted by molar-refractivity contribution is 5.95. The normalized spacial score (nSPS) is 13.9. The quantitative estimate of drug-likeness (QED) is 0.560. The molecule has 0 bridgehead atoms. The maximum atomic E-state index is 12.5. The highest BCUT2D eigenvalue weighted by Gasteiger charge is 2.20. The van der Waals surface area contributed by atoms with E-state index in [9.17, 15) is 4.79 Å². The lowest BCUT2D eigenvalue weighted by molar-refractivity contribution is 0.0948. The molecule has 0 atom stereocenters. The molecule has 33 heavy (non-hydrogen) atoms. The molecule has 1 aliphatic heterocycles. The molecular formula is C24H31N5O4. The maximum absolute atomic E-state index is 12.5. The minimum Gasteiger partial charge on any atom is -0.493 e. The summed E-state index contributed by atoms with van der Waals surface area (Å²) in [6.45, 7) is 9.84. The Kier molecular flexibility index (Phi) is 6.98. The van der Waals surface area contributed by atoms with Crippen molar-refractivity contribution < 1.29 is 18.7 Å². The number of fused-ring (bicyclic) bond motifs is 1. The molecule has 2 aromatic heterocycles. The van der Waals surface area contributed by atoms with Gasteiger partial charge in [0.2, 0.25) is 0 Å². The van der Waals surface area contributed by atoms with Crippen LogP contribution in [0.4, 0.5) is 0 Å². The van der Waals surface area contributed by atoms with Crippen LogP contribution in [0, 0.1) is 13.8 Å². The number of nitrogens with zero attached hydrogens (tertiary/aromatic N) is 4. The zero-order chi connectivity index (χ0) is 23.4. The van der Waals surface area contributed by atoms with Gasteiger partial charge >= 0.3 is 0 Å². The Morgan fingerprint density at radius 2 is 2.00 bits per heavy atom. The largest absolute Gasteiger partial charge is 0.493 e. The van der Waals surface area contributed by atoms with Crippen molar-refractivity contribution in [2.75, 3.05) is 26.8 Å². The van der Waals surface area contributed by atoms with Crippen LogP contribution < -0.4 is 14.8 Å². The van der Waals surface area contributed by atoms with Gasteiger partial charge < -0.3 is 23.8 Å². The minimum absolute atomic E-state index is 0.165. The molecule has 3 aromatic rings. The Morgan fingerprint density at radius 3 is 2.73 bits per heavy atom. The van der Waals surface area contributed by atoms with Gasteiger partial charge in [0.05, 0.1) is 25.8 Å². The molecule has 1 N–H and O–H groups in total. The van der Waals surface area contributed by atoms with Gasteiger partial charge in [-0.1, -0.05) is 6.07 Å². The van der Waals surface area contributed by atoms with E-state index in [0.29, 0.717) is 24.5 Å². The number of aromatic nitrogens is 3. The van der Waals surface area contributed by atoms with Gasteiger partial charge in [0, 0.05) is 32.6 Å². The van der Waals surface area contributed by atoms with Crippen LogP contribution in [0.1, 0.15) is 46.0 Å². The second kappa shape index (κ2) is 10.1. The third-order valence-corrected chi connectivity index (χ3v) is 5.82. The van der Waals surface area contributed by atoms with Crippen molar-refractivity contribution in [3.05, 3.63) is 58.6 Å². The highest BCUT2D eigenvalue weighted by atomic mass is 16.5. The SMILES string of the molecule is CCOc1cc(CN2CCc3nnc(CNC(=O)c4cc(C)oc4C)n3CC2)ccc1OC. The van der Waals surface area contributed by atoms with Crippen molar-refractivity contribution in [1.82, 2.24) is 25.0 Å². The number of carbonyl (C=O) groups is 1. The molecule has 0 saturated heterocycles. The lowest BCUT2D eigenvalue weighted by Crippen LogP contribution is -2.28. The molecule has 9 heteroatoms. The number of ether oxygens (including phenoxy) is 2. The summed E-state index contributed by atoms with van der Waals surface area (Å²) in [5.41, 5.74) is 1.73. The fourth-order valence-electron chi connectivity index (χ4n) is 4.17. The summed E-state index contributed by atoms with van der Waals surface area (Å²) in [5, 5.41) is 11.6. The van der Waals surface area contributed by atoms with E-state index in [4.69, 9.17) is 13.9 Å². The van der Waals surface area contributed by atoms with Crippen LogP contribution in [0.15, 0.2) is 28.7 Å². The highest BCUT2D eigenvalue weighted by Crippen LogP contribution is 2.28. The molecule has 1 amide bonds. The van der Waals surface area contributed by atoms with Crippen LogP contribution in [-0.4, -0.2) is 52.4 Å². The van der Waals surface area contributed by atoms with Crippen LogP contribution in [0.25, 0.3) is 0 Å². The van der Waals surface area contributed by atoms with Crippen LogP contribution in [0.3, 0.4) is 0 Å². The van der Waals surface area contributed by atoms with E-state index in [2.05, 4.69) is 31.0 Å².